The van der Waals surface area contributed by atoms with Crippen LogP contribution in [0.3, 0.4) is 0 Å². The van der Waals surface area contributed by atoms with Gasteiger partial charge in [0.05, 0.1) is 12.2 Å². The van der Waals surface area contributed by atoms with Crippen molar-refractivity contribution in [3.05, 3.63) is 17.5 Å². The highest BCUT2D eigenvalue weighted by Gasteiger charge is 2.42. The molecule has 0 aromatic carbocycles. The second-order valence-corrected chi connectivity index (χ2v) is 4.86. The maximum atomic E-state index is 11.6. The lowest BCUT2D eigenvalue weighted by Gasteiger charge is -2.10. The van der Waals surface area contributed by atoms with Crippen molar-refractivity contribution in [3.63, 3.8) is 0 Å². The van der Waals surface area contributed by atoms with Gasteiger partial charge in [0.25, 0.3) is 0 Å². The lowest BCUT2D eigenvalue weighted by atomic mass is 10.1. The molecule has 1 N–H and O–H groups in total. The molecule has 1 heterocycles. The zero-order valence-electron chi connectivity index (χ0n) is 9.32. The maximum Gasteiger partial charge on any atom is 0.220 e. The summed E-state index contributed by atoms with van der Waals surface area (Å²) in [6, 6.07) is 1.83. The van der Waals surface area contributed by atoms with Crippen LogP contribution in [0.4, 0.5) is 0 Å². The highest BCUT2D eigenvalue weighted by Crippen LogP contribution is 2.49. The molecule has 1 aromatic heterocycles. The number of amides is 1. The van der Waals surface area contributed by atoms with Gasteiger partial charge in [0.15, 0.2) is 5.76 Å². The first-order chi connectivity index (χ1) is 7.63. The molecule has 0 radical (unpaired) electrons. The van der Waals surface area contributed by atoms with Gasteiger partial charge in [0.2, 0.25) is 5.91 Å². The summed E-state index contributed by atoms with van der Waals surface area (Å²) in [6.45, 7) is 2.28. The summed E-state index contributed by atoms with van der Waals surface area (Å²) in [6.07, 6.45) is 2.81. The fourth-order valence-corrected chi connectivity index (χ4v) is 2.08. The number of aromatic nitrogens is 1. The van der Waals surface area contributed by atoms with Crippen molar-refractivity contribution in [2.24, 2.45) is 5.41 Å². The second kappa shape index (κ2) is 4.49. The van der Waals surface area contributed by atoms with E-state index >= 15 is 0 Å². The maximum absolute atomic E-state index is 11.6. The highest BCUT2D eigenvalue weighted by molar-refractivity contribution is 7.80. The van der Waals surface area contributed by atoms with Gasteiger partial charge in [0.1, 0.15) is 0 Å². The van der Waals surface area contributed by atoms with Crippen LogP contribution >= 0.6 is 12.6 Å². The molecule has 1 aliphatic carbocycles. The van der Waals surface area contributed by atoms with Gasteiger partial charge < -0.3 is 9.84 Å². The smallest absolute Gasteiger partial charge is 0.220 e. The lowest BCUT2D eigenvalue weighted by Crippen LogP contribution is -2.26. The first-order valence-electron chi connectivity index (χ1n) is 5.43. The van der Waals surface area contributed by atoms with Gasteiger partial charge in [0, 0.05) is 12.5 Å². The Morgan fingerprint density at radius 3 is 2.94 bits per heavy atom. The molecule has 4 nitrogen and oxygen atoms in total. The summed E-state index contributed by atoms with van der Waals surface area (Å²) in [7, 11) is 0. The molecule has 16 heavy (non-hydrogen) atoms. The third kappa shape index (κ3) is 2.78. The Kier molecular flexibility index (Phi) is 3.23. The number of aryl methyl sites for hydroxylation is 1. The zero-order valence-corrected chi connectivity index (χ0v) is 10.2. The second-order valence-electron chi connectivity index (χ2n) is 4.55. The zero-order chi connectivity index (χ0) is 11.6. The van der Waals surface area contributed by atoms with E-state index in [-0.39, 0.29) is 11.3 Å². The minimum Gasteiger partial charge on any atom is -0.359 e. The number of thiol groups is 1. The Labute approximate surface area is 100 Å². The molecule has 0 saturated heterocycles. The van der Waals surface area contributed by atoms with Gasteiger partial charge in [-0.3, -0.25) is 4.79 Å². The molecule has 1 aliphatic rings. The number of hydrogen-bond donors (Lipinski definition) is 2. The molecule has 88 valence electrons. The molecule has 1 aromatic rings. The lowest BCUT2D eigenvalue weighted by molar-refractivity contribution is -0.122. The molecule has 0 atom stereocenters. The first kappa shape index (κ1) is 11.5. The van der Waals surface area contributed by atoms with Crippen LogP contribution in [0, 0.1) is 12.3 Å². The van der Waals surface area contributed by atoms with E-state index < -0.39 is 0 Å². The third-order valence-electron chi connectivity index (χ3n) is 2.96. The van der Waals surface area contributed by atoms with Crippen LogP contribution in [0.5, 0.6) is 0 Å². The predicted octanol–water partition coefficient (Wildman–Crippen LogP) is 1.70. The molecule has 0 spiro atoms. The first-order valence-corrected chi connectivity index (χ1v) is 6.07. The molecule has 0 aliphatic heterocycles. The molecule has 1 saturated carbocycles. The van der Waals surface area contributed by atoms with Crippen molar-refractivity contribution in [2.75, 3.05) is 5.75 Å². The van der Waals surface area contributed by atoms with E-state index in [4.69, 9.17) is 4.52 Å². The number of nitrogens with one attached hydrogen (secondary N) is 1. The number of carbonyl (C=O) groups is 1. The fourth-order valence-electron chi connectivity index (χ4n) is 1.66. The number of nitrogens with zero attached hydrogens (tertiary/aromatic N) is 1. The van der Waals surface area contributed by atoms with E-state index in [1.54, 1.807) is 0 Å². The van der Waals surface area contributed by atoms with Crippen molar-refractivity contribution in [1.29, 1.82) is 0 Å². The predicted molar refractivity (Wildman–Crippen MR) is 63.2 cm³/mol. The van der Waals surface area contributed by atoms with Crippen LogP contribution in [0.15, 0.2) is 10.6 Å². The topological polar surface area (TPSA) is 55.1 Å². The Morgan fingerprint density at radius 1 is 1.69 bits per heavy atom. The monoisotopic (exact) mass is 240 g/mol. The number of rotatable bonds is 5. The van der Waals surface area contributed by atoms with E-state index in [1.807, 2.05) is 13.0 Å². The van der Waals surface area contributed by atoms with Crippen LogP contribution in [-0.2, 0) is 11.3 Å². The van der Waals surface area contributed by atoms with Crippen molar-refractivity contribution in [3.8, 4) is 0 Å². The summed E-state index contributed by atoms with van der Waals surface area (Å²) in [4.78, 5) is 11.6. The molecule has 5 heteroatoms. The van der Waals surface area contributed by atoms with Gasteiger partial charge in [-0.15, -0.1) is 0 Å². The van der Waals surface area contributed by atoms with Crippen molar-refractivity contribution < 1.29 is 9.32 Å². The van der Waals surface area contributed by atoms with Crippen molar-refractivity contribution in [2.45, 2.75) is 32.7 Å². The minimum atomic E-state index is 0.0700. The van der Waals surface area contributed by atoms with Gasteiger partial charge in [-0.25, -0.2) is 0 Å². The van der Waals surface area contributed by atoms with E-state index in [2.05, 4.69) is 23.1 Å². The van der Waals surface area contributed by atoms with Crippen molar-refractivity contribution in [1.82, 2.24) is 10.5 Å². The molecule has 0 bridgehead atoms. The average Bonchev–Trinajstić information content (AvgIpc) is 2.91. The van der Waals surface area contributed by atoms with Crippen molar-refractivity contribution >= 4 is 18.5 Å². The van der Waals surface area contributed by atoms with E-state index in [9.17, 15) is 4.79 Å². The van der Waals surface area contributed by atoms with E-state index in [0.29, 0.717) is 18.7 Å². The summed E-state index contributed by atoms with van der Waals surface area (Å²) in [5, 5.41) is 6.60. The van der Waals surface area contributed by atoms with Gasteiger partial charge in [-0.2, -0.15) is 12.6 Å². The Bertz CT molecular complexity index is 385. The standard InChI is InChI=1S/C11H16N2O2S/c1-8-4-9(15-13-8)6-12-10(14)5-11(7-16)2-3-11/h4,16H,2-3,5-7H2,1H3,(H,12,14). The summed E-state index contributed by atoms with van der Waals surface area (Å²) in [5.74, 6) is 1.56. The molecular formula is C11H16N2O2S. The Balaban J connectivity index is 1.76. The quantitative estimate of drug-likeness (QED) is 0.770. The molecular weight excluding hydrogens is 224 g/mol. The molecule has 0 unspecified atom stereocenters. The third-order valence-corrected chi connectivity index (χ3v) is 3.64. The van der Waals surface area contributed by atoms with Crippen LogP contribution < -0.4 is 5.32 Å². The summed E-state index contributed by atoms with van der Waals surface area (Å²) in [5.41, 5.74) is 1.00. The normalized spacial score (nSPS) is 17.1. The minimum absolute atomic E-state index is 0.0700. The largest absolute Gasteiger partial charge is 0.359 e. The van der Waals surface area contributed by atoms with E-state index in [0.717, 1.165) is 24.3 Å². The van der Waals surface area contributed by atoms with Crippen LogP contribution in [0.25, 0.3) is 0 Å². The summed E-state index contributed by atoms with van der Waals surface area (Å²) >= 11 is 4.27. The SMILES string of the molecule is Cc1cc(CNC(=O)CC2(CS)CC2)on1. The highest BCUT2D eigenvalue weighted by atomic mass is 32.1. The Morgan fingerprint density at radius 2 is 2.44 bits per heavy atom. The average molecular weight is 240 g/mol. The molecule has 2 rings (SSSR count). The Hall–Kier alpha value is -0.970. The number of carbonyl (C=O) groups excluding carboxylic acids is 1. The van der Waals surface area contributed by atoms with Crippen LogP contribution in [0.1, 0.15) is 30.7 Å². The van der Waals surface area contributed by atoms with E-state index in [1.165, 1.54) is 0 Å². The summed E-state index contributed by atoms with van der Waals surface area (Å²) < 4.78 is 5.01. The van der Waals surface area contributed by atoms with Crippen LogP contribution in [0.2, 0.25) is 0 Å². The number of hydrogen-bond acceptors (Lipinski definition) is 4. The fraction of sp³-hybridized carbons (Fsp3) is 0.636. The van der Waals surface area contributed by atoms with Gasteiger partial charge >= 0.3 is 0 Å². The molecule has 1 fully saturated rings. The van der Waals surface area contributed by atoms with Crippen LogP contribution in [-0.4, -0.2) is 16.8 Å². The van der Waals surface area contributed by atoms with Gasteiger partial charge in [-0.1, -0.05) is 5.16 Å². The molecule has 1 amide bonds. The van der Waals surface area contributed by atoms with Gasteiger partial charge in [-0.05, 0) is 30.9 Å².